The standard InChI is InChI=1S/C21H26N2O3S/c1-4-20(24)23-13-12-17-14-18(10-11-19(17)23)27(25,26)22-21(2,3)15-16-8-6-5-7-9-16/h5-11,14,22H,4,12-13,15H2,1-3H3. The molecular formula is C21H26N2O3S. The smallest absolute Gasteiger partial charge is 0.241 e. The molecule has 6 heteroatoms. The number of hydrogen-bond acceptors (Lipinski definition) is 3. The van der Waals surface area contributed by atoms with Crippen LogP contribution in [0.4, 0.5) is 5.69 Å². The molecule has 3 rings (SSSR count). The first-order valence-corrected chi connectivity index (χ1v) is 10.7. The fourth-order valence-corrected chi connectivity index (χ4v) is 5.02. The van der Waals surface area contributed by atoms with Crippen molar-refractivity contribution in [1.82, 2.24) is 4.72 Å². The summed E-state index contributed by atoms with van der Waals surface area (Å²) in [5, 5.41) is 0. The average Bonchev–Trinajstić information content (AvgIpc) is 3.03. The molecule has 1 amide bonds. The molecule has 0 fully saturated rings. The monoisotopic (exact) mass is 386 g/mol. The summed E-state index contributed by atoms with van der Waals surface area (Å²) < 4.78 is 28.7. The van der Waals surface area contributed by atoms with E-state index in [-0.39, 0.29) is 10.8 Å². The maximum atomic E-state index is 12.9. The van der Waals surface area contributed by atoms with Gasteiger partial charge in [-0.05, 0) is 56.0 Å². The summed E-state index contributed by atoms with van der Waals surface area (Å²) in [5.74, 6) is 0.0616. The number of carbonyl (C=O) groups is 1. The quantitative estimate of drug-likeness (QED) is 0.828. The van der Waals surface area contributed by atoms with E-state index >= 15 is 0 Å². The first-order chi connectivity index (χ1) is 12.7. The van der Waals surface area contributed by atoms with E-state index in [4.69, 9.17) is 0 Å². The van der Waals surface area contributed by atoms with Gasteiger partial charge in [-0.25, -0.2) is 13.1 Å². The van der Waals surface area contributed by atoms with Gasteiger partial charge in [-0.3, -0.25) is 4.79 Å². The lowest BCUT2D eigenvalue weighted by molar-refractivity contribution is -0.118. The molecule has 0 spiro atoms. The summed E-state index contributed by atoms with van der Waals surface area (Å²) in [6.45, 7) is 6.20. The molecule has 0 saturated carbocycles. The molecule has 0 radical (unpaired) electrons. The Morgan fingerprint density at radius 1 is 1.15 bits per heavy atom. The number of benzene rings is 2. The third-order valence-electron chi connectivity index (χ3n) is 4.76. The van der Waals surface area contributed by atoms with Crippen molar-refractivity contribution in [1.29, 1.82) is 0 Å². The van der Waals surface area contributed by atoms with Gasteiger partial charge in [0.1, 0.15) is 0 Å². The fraction of sp³-hybridized carbons (Fsp3) is 0.381. The highest BCUT2D eigenvalue weighted by molar-refractivity contribution is 7.89. The van der Waals surface area contributed by atoms with Crippen molar-refractivity contribution in [2.75, 3.05) is 11.4 Å². The molecule has 144 valence electrons. The topological polar surface area (TPSA) is 66.5 Å². The van der Waals surface area contributed by atoms with Gasteiger partial charge in [0, 0.05) is 24.2 Å². The predicted molar refractivity (Wildman–Crippen MR) is 107 cm³/mol. The average molecular weight is 387 g/mol. The number of fused-ring (bicyclic) bond motifs is 1. The van der Waals surface area contributed by atoms with Crippen molar-refractivity contribution in [2.24, 2.45) is 0 Å². The number of carbonyl (C=O) groups excluding carboxylic acids is 1. The first-order valence-electron chi connectivity index (χ1n) is 9.23. The van der Waals surface area contributed by atoms with E-state index in [0.717, 1.165) is 16.8 Å². The lowest BCUT2D eigenvalue weighted by Crippen LogP contribution is -2.45. The Labute approximate surface area is 161 Å². The Balaban J connectivity index is 1.80. The second kappa shape index (κ2) is 7.44. The SMILES string of the molecule is CCC(=O)N1CCc2cc(S(=O)(=O)NC(C)(C)Cc3ccccc3)ccc21. The molecule has 27 heavy (non-hydrogen) atoms. The lowest BCUT2D eigenvalue weighted by atomic mass is 9.96. The van der Waals surface area contributed by atoms with E-state index in [9.17, 15) is 13.2 Å². The minimum atomic E-state index is -3.66. The fourth-order valence-electron chi connectivity index (χ4n) is 3.56. The van der Waals surface area contributed by atoms with Crippen LogP contribution in [0, 0.1) is 0 Å². The van der Waals surface area contributed by atoms with Gasteiger partial charge < -0.3 is 4.90 Å². The minimum Gasteiger partial charge on any atom is -0.312 e. The van der Waals surface area contributed by atoms with E-state index in [1.54, 1.807) is 23.1 Å². The van der Waals surface area contributed by atoms with Gasteiger partial charge in [0.05, 0.1) is 4.90 Å². The number of nitrogens with zero attached hydrogens (tertiary/aromatic N) is 1. The highest BCUT2D eigenvalue weighted by Crippen LogP contribution is 2.31. The maximum absolute atomic E-state index is 12.9. The summed E-state index contributed by atoms with van der Waals surface area (Å²) in [6, 6.07) is 14.8. The van der Waals surface area contributed by atoms with Gasteiger partial charge in [0.2, 0.25) is 15.9 Å². The molecule has 0 aromatic heterocycles. The molecule has 0 unspecified atom stereocenters. The van der Waals surface area contributed by atoms with Gasteiger partial charge in [-0.2, -0.15) is 0 Å². The highest BCUT2D eigenvalue weighted by Gasteiger charge is 2.29. The van der Waals surface area contributed by atoms with Crippen molar-refractivity contribution in [3.63, 3.8) is 0 Å². The van der Waals surface area contributed by atoms with E-state index in [2.05, 4.69) is 4.72 Å². The van der Waals surface area contributed by atoms with Gasteiger partial charge in [-0.15, -0.1) is 0 Å². The van der Waals surface area contributed by atoms with E-state index < -0.39 is 15.6 Å². The Morgan fingerprint density at radius 3 is 2.52 bits per heavy atom. The molecule has 1 N–H and O–H groups in total. The molecule has 1 heterocycles. The summed E-state index contributed by atoms with van der Waals surface area (Å²) in [5.41, 5.74) is 2.18. The molecule has 5 nitrogen and oxygen atoms in total. The van der Waals surface area contributed by atoms with Crippen molar-refractivity contribution in [2.45, 2.75) is 50.5 Å². The zero-order chi connectivity index (χ0) is 19.7. The van der Waals surface area contributed by atoms with Crippen molar-refractivity contribution >= 4 is 21.6 Å². The summed E-state index contributed by atoms with van der Waals surface area (Å²) >= 11 is 0. The van der Waals surface area contributed by atoms with Crippen LogP contribution in [0.3, 0.4) is 0 Å². The molecule has 0 atom stereocenters. The Kier molecular flexibility index (Phi) is 5.40. The maximum Gasteiger partial charge on any atom is 0.241 e. The number of rotatable bonds is 6. The number of sulfonamides is 1. The number of nitrogens with one attached hydrogen (secondary N) is 1. The van der Waals surface area contributed by atoms with E-state index in [0.29, 0.717) is 25.8 Å². The van der Waals surface area contributed by atoms with Gasteiger partial charge >= 0.3 is 0 Å². The van der Waals surface area contributed by atoms with Crippen LogP contribution in [0.25, 0.3) is 0 Å². The Hall–Kier alpha value is -2.18. The van der Waals surface area contributed by atoms with Crippen LogP contribution in [0.2, 0.25) is 0 Å². The lowest BCUT2D eigenvalue weighted by Gasteiger charge is -2.26. The Bertz CT molecular complexity index is 937. The third kappa shape index (κ3) is 4.39. The normalized spacial score (nSPS) is 14.3. The molecule has 0 bridgehead atoms. The van der Waals surface area contributed by atoms with Gasteiger partial charge in [-0.1, -0.05) is 37.3 Å². The molecule has 0 aliphatic carbocycles. The molecule has 1 aliphatic rings. The largest absolute Gasteiger partial charge is 0.312 e. The Morgan fingerprint density at radius 2 is 1.85 bits per heavy atom. The molecule has 0 saturated heterocycles. The van der Waals surface area contributed by atoms with E-state index in [1.807, 2.05) is 51.1 Å². The van der Waals surface area contributed by atoms with Crippen LogP contribution in [-0.4, -0.2) is 26.4 Å². The number of amides is 1. The van der Waals surface area contributed by atoms with Crippen molar-refractivity contribution < 1.29 is 13.2 Å². The van der Waals surface area contributed by atoms with Crippen molar-refractivity contribution in [3.05, 3.63) is 59.7 Å². The van der Waals surface area contributed by atoms with E-state index in [1.165, 1.54) is 0 Å². The first kappa shape index (κ1) is 19.6. The molecular weight excluding hydrogens is 360 g/mol. The second-order valence-corrected chi connectivity index (χ2v) is 9.27. The predicted octanol–water partition coefficient (Wildman–Crippen LogP) is 3.29. The second-order valence-electron chi connectivity index (χ2n) is 7.59. The molecule has 2 aromatic carbocycles. The number of anilines is 1. The zero-order valence-corrected chi connectivity index (χ0v) is 16.8. The van der Waals surface area contributed by atoms with Crippen LogP contribution >= 0.6 is 0 Å². The minimum absolute atomic E-state index is 0.0616. The van der Waals surface area contributed by atoms with Crippen LogP contribution in [0.5, 0.6) is 0 Å². The van der Waals surface area contributed by atoms with Crippen LogP contribution in [-0.2, 0) is 27.7 Å². The third-order valence-corrected chi connectivity index (χ3v) is 6.46. The summed E-state index contributed by atoms with van der Waals surface area (Å²) in [6.07, 6.45) is 1.71. The summed E-state index contributed by atoms with van der Waals surface area (Å²) in [4.78, 5) is 14.0. The molecule has 1 aliphatic heterocycles. The van der Waals surface area contributed by atoms with Crippen LogP contribution in [0.15, 0.2) is 53.4 Å². The number of hydrogen-bond donors (Lipinski definition) is 1. The van der Waals surface area contributed by atoms with Gasteiger partial charge in [0.15, 0.2) is 0 Å². The van der Waals surface area contributed by atoms with Gasteiger partial charge in [0.25, 0.3) is 0 Å². The van der Waals surface area contributed by atoms with Crippen LogP contribution < -0.4 is 9.62 Å². The van der Waals surface area contributed by atoms with Crippen molar-refractivity contribution in [3.8, 4) is 0 Å². The summed E-state index contributed by atoms with van der Waals surface area (Å²) in [7, 11) is -3.66. The molecule has 2 aromatic rings. The highest BCUT2D eigenvalue weighted by atomic mass is 32.2. The zero-order valence-electron chi connectivity index (χ0n) is 16.0. The van der Waals surface area contributed by atoms with Crippen LogP contribution in [0.1, 0.15) is 38.3 Å².